The van der Waals surface area contributed by atoms with Crippen LogP contribution in [0.2, 0.25) is 10.0 Å². The van der Waals surface area contributed by atoms with Gasteiger partial charge in [-0.25, -0.2) is 9.18 Å². The molecular formula is C14H10Cl2FNO2. The van der Waals surface area contributed by atoms with E-state index in [1.807, 2.05) is 0 Å². The smallest absolute Gasteiger partial charge is 0.338 e. The van der Waals surface area contributed by atoms with Crippen molar-refractivity contribution in [1.29, 1.82) is 0 Å². The van der Waals surface area contributed by atoms with Gasteiger partial charge in [0.2, 0.25) is 0 Å². The molecule has 0 saturated heterocycles. The topological polar surface area (TPSA) is 52.3 Å². The Morgan fingerprint density at radius 1 is 1.25 bits per heavy atom. The SMILES string of the molecule is Nc1cc(C(=O)OCc2cccc(F)c2)cc(Cl)c1Cl. The molecule has 2 rings (SSSR count). The van der Waals surface area contributed by atoms with E-state index in [1.165, 1.54) is 30.3 Å². The summed E-state index contributed by atoms with van der Waals surface area (Å²) in [4.78, 5) is 11.8. The summed E-state index contributed by atoms with van der Waals surface area (Å²) < 4.78 is 18.0. The molecule has 2 aromatic rings. The molecule has 20 heavy (non-hydrogen) atoms. The summed E-state index contributed by atoms with van der Waals surface area (Å²) >= 11 is 11.6. The molecule has 0 saturated carbocycles. The van der Waals surface area contributed by atoms with Crippen LogP contribution < -0.4 is 5.73 Å². The Kier molecular flexibility index (Phi) is 4.47. The number of carbonyl (C=O) groups is 1. The van der Waals surface area contributed by atoms with Crippen molar-refractivity contribution >= 4 is 34.9 Å². The van der Waals surface area contributed by atoms with Gasteiger partial charge < -0.3 is 10.5 Å². The number of hydrogen-bond donors (Lipinski definition) is 1. The standard InChI is InChI=1S/C14H10Cl2FNO2/c15-11-5-9(6-12(18)13(11)16)14(19)20-7-8-2-1-3-10(17)4-8/h1-6H,7,18H2. The third-order valence-corrected chi connectivity index (χ3v) is 3.37. The van der Waals surface area contributed by atoms with E-state index in [2.05, 4.69) is 0 Å². The monoisotopic (exact) mass is 313 g/mol. The minimum Gasteiger partial charge on any atom is -0.457 e. The summed E-state index contributed by atoms with van der Waals surface area (Å²) in [6.07, 6.45) is 0. The van der Waals surface area contributed by atoms with Crippen LogP contribution in [0.5, 0.6) is 0 Å². The number of hydrogen-bond acceptors (Lipinski definition) is 3. The van der Waals surface area contributed by atoms with Gasteiger partial charge >= 0.3 is 5.97 Å². The molecule has 0 aliphatic carbocycles. The molecule has 0 aliphatic heterocycles. The fourth-order valence-corrected chi connectivity index (χ4v) is 1.92. The number of anilines is 1. The van der Waals surface area contributed by atoms with Crippen LogP contribution in [-0.4, -0.2) is 5.97 Å². The molecule has 0 heterocycles. The van der Waals surface area contributed by atoms with Crippen LogP contribution in [0.25, 0.3) is 0 Å². The Hall–Kier alpha value is -1.78. The van der Waals surface area contributed by atoms with Crippen molar-refractivity contribution in [2.75, 3.05) is 5.73 Å². The lowest BCUT2D eigenvalue weighted by Crippen LogP contribution is -2.06. The van der Waals surface area contributed by atoms with Crippen molar-refractivity contribution in [3.8, 4) is 0 Å². The van der Waals surface area contributed by atoms with Gasteiger partial charge in [0.1, 0.15) is 12.4 Å². The van der Waals surface area contributed by atoms with E-state index < -0.39 is 11.8 Å². The maximum Gasteiger partial charge on any atom is 0.338 e. The van der Waals surface area contributed by atoms with Crippen LogP contribution in [0.1, 0.15) is 15.9 Å². The number of benzene rings is 2. The molecule has 0 amide bonds. The third-order valence-electron chi connectivity index (χ3n) is 2.55. The molecule has 0 aromatic heterocycles. The average molecular weight is 314 g/mol. The van der Waals surface area contributed by atoms with E-state index in [0.29, 0.717) is 5.56 Å². The Bertz CT molecular complexity index is 638. The summed E-state index contributed by atoms with van der Waals surface area (Å²) in [6, 6.07) is 8.53. The van der Waals surface area contributed by atoms with E-state index in [1.54, 1.807) is 6.07 Å². The second kappa shape index (κ2) is 6.11. The van der Waals surface area contributed by atoms with E-state index in [4.69, 9.17) is 33.7 Å². The number of nitrogens with two attached hydrogens (primary N) is 1. The summed E-state index contributed by atoms with van der Waals surface area (Å²) in [5, 5.41) is 0.359. The first kappa shape index (κ1) is 14.6. The fraction of sp³-hybridized carbons (Fsp3) is 0.0714. The molecule has 6 heteroatoms. The van der Waals surface area contributed by atoms with Crippen molar-refractivity contribution in [3.05, 3.63) is 63.4 Å². The number of rotatable bonds is 3. The lowest BCUT2D eigenvalue weighted by atomic mass is 10.2. The lowest BCUT2D eigenvalue weighted by Gasteiger charge is -2.07. The normalized spacial score (nSPS) is 10.3. The van der Waals surface area contributed by atoms with Crippen LogP contribution in [0, 0.1) is 5.82 Å². The maximum atomic E-state index is 13.0. The van der Waals surface area contributed by atoms with Crippen molar-refractivity contribution in [2.45, 2.75) is 6.61 Å². The predicted octanol–water partition coefficient (Wildman–Crippen LogP) is 4.07. The quantitative estimate of drug-likeness (QED) is 0.686. The van der Waals surface area contributed by atoms with Gasteiger partial charge in [0.25, 0.3) is 0 Å². The summed E-state index contributed by atoms with van der Waals surface area (Å²) in [7, 11) is 0. The van der Waals surface area contributed by atoms with Crippen molar-refractivity contribution in [1.82, 2.24) is 0 Å². The Labute approximate surface area is 125 Å². The van der Waals surface area contributed by atoms with E-state index in [-0.39, 0.29) is 27.9 Å². The van der Waals surface area contributed by atoms with Gasteiger partial charge in [-0.15, -0.1) is 0 Å². The van der Waals surface area contributed by atoms with Gasteiger partial charge in [-0.05, 0) is 29.8 Å². The number of halogens is 3. The zero-order chi connectivity index (χ0) is 14.7. The van der Waals surface area contributed by atoms with Gasteiger partial charge in [0, 0.05) is 0 Å². The summed E-state index contributed by atoms with van der Waals surface area (Å²) in [6.45, 7) is -0.0449. The Morgan fingerprint density at radius 2 is 2.00 bits per heavy atom. The highest BCUT2D eigenvalue weighted by molar-refractivity contribution is 6.43. The molecule has 0 radical (unpaired) electrons. The third kappa shape index (κ3) is 3.40. The molecule has 0 spiro atoms. The second-order valence-electron chi connectivity index (χ2n) is 4.07. The second-order valence-corrected chi connectivity index (χ2v) is 4.85. The number of carbonyl (C=O) groups excluding carboxylic acids is 1. The highest BCUT2D eigenvalue weighted by Crippen LogP contribution is 2.29. The van der Waals surface area contributed by atoms with Gasteiger partial charge in [0.05, 0.1) is 21.3 Å². The Morgan fingerprint density at radius 3 is 2.65 bits per heavy atom. The van der Waals surface area contributed by atoms with Crippen LogP contribution in [0.15, 0.2) is 36.4 Å². The molecule has 0 bridgehead atoms. The molecule has 0 unspecified atom stereocenters. The number of esters is 1. The molecule has 2 N–H and O–H groups in total. The van der Waals surface area contributed by atoms with Gasteiger partial charge in [-0.3, -0.25) is 0 Å². The lowest BCUT2D eigenvalue weighted by molar-refractivity contribution is 0.0472. The first-order valence-electron chi connectivity index (χ1n) is 5.63. The molecule has 0 aliphatic rings. The molecule has 104 valence electrons. The first-order valence-corrected chi connectivity index (χ1v) is 6.39. The molecule has 0 atom stereocenters. The summed E-state index contributed by atoms with van der Waals surface area (Å²) in [5.41, 5.74) is 6.54. The van der Waals surface area contributed by atoms with Crippen molar-refractivity contribution in [3.63, 3.8) is 0 Å². The fourth-order valence-electron chi connectivity index (χ4n) is 1.59. The van der Waals surface area contributed by atoms with E-state index in [9.17, 15) is 9.18 Å². The largest absolute Gasteiger partial charge is 0.457 e. The molecule has 2 aromatic carbocycles. The first-order chi connectivity index (χ1) is 9.47. The zero-order valence-corrected chi connectivity index (χ0v) is 11.7. The van der Waals surface area contributed by atoms with Crippen LogP contribution in [-0.2, 0) is 11.3 Å². The highest BCUT2D eigenvalue weighted by atomic mass is 35.5. The minimum absolute atomic E-state index is 0.0449. The maximum absolute atomic E-state index is 13.0. The van der Waals surface area contributed by atoms with Gasteiger partial charge in [-0.2, -0.15) is 0 Å². The van der Waals surface area contributed by atoms with Crippen molar-refractivity contribution < 1.29 is 13.9 Å². The molecular weight excluding hydrogens is 304 g/mol. The Balaban J connectivity index is 2.09. The summed E-state index contributed by atoms with van der Waals surface area (Å²) in [5.74, 6) is -1.00. The van der Waals surface area contributed by atoms with E-state index >= 15 is 0 Å². The zero-order valence-electron chi connectivity index (χ0n) is 10.2. The number of nitrogen functional groups attached to an aromatic ring is 1. The van der Waals surface area contributed by atoms with Gasteiger partial charge in [-0.1, -0.05) is 35.3 Å². The predicted molar refractivity (Wildman–Crippen MR) is 76.4 cm³/mol. The van der Waals surface area contributed by atoms with Gasteiger partial charge in [0.15, 0.2) is 0 Å². The highest BCUT2D eigenvalue weighted by Gasteiger charge is 2.12. The van der Waals surface area contributed by atoms with Crippen LogP contribution in [0.3, 0.4) is 0 Å². The van der Waals surface area contributed by atoms with E-state index in [0.717, 1.165) is 0 Å². The number of ether oxygens (including phenoxy) is 1. The average Bonchev–Trinajstić information content (AvgIpc) is 2.41. The van der Waals surface area contributed by atoms with Crippen LogP contribution >= 0.6 is 23.2 Å². The molecule has 0 fully saturated rings. The molecule has 3 nitrogen and oxygen atoms in total. The van der Waals surface area contributed by atoms with Crippen LogP contribution in [0.4, 0.5) is 10.1 Å². The van der Waals surface area contributed by atoms with Crippen molar-refractivity contribution in [2.24, 2.45) is 0 Å². The minimum atomic E-state index is -0.612.